The van der Waals surface area contributed by atoms with E-state index < -0.39 is 8.07 Å². The van der Waals surface area contributed by atoms with E-state index in [2.05, 4.69) is 51.2 Å². The summed E-state index contributed by atoms with van der Waals surface area (Å²) in [6, 6.07) is 0. The molecular weight excluding hydrogens is 292 g/mol. The Bertz CT molecular complexity index is 502. The fourth-order valence-corrected chi connectivity index (χ4v) is 13.6. The van der Waals surface area contributed by atoms with Crippen LogP contribution < -0.4 is 0 Å². The molecule has 4 rings (SSSR count). The van der Waals surface area contributed by atoms with Crippen LogP contribution in [0.2, 0.25) is 24.2 Å². The van der Waals surface area contributed by atoms with E-state index in [9.17, 15) is 0 Å². The van der Waals surface area contributed by atoms with E-state index in [4.69, 9.17) is 0 Å². The second-order valence-corrected chi connectivity index (χ2v) is 15.0. The van der Waals surface area contributed by atoms with Gasteiger partial charge in [0, 0.05) is 0 Å². The molecule has 0 saturated heterocycles. The van der Waals surface area contributed by atoms with Gasteiger partial charge >= 0.3 is 0 Å². The van der Waals surface area contributed by atoms with Crippen molar-refractivity contribution in [3.63, 3.8) is 0 Å². The highest BCUT2D eigenvalue weighted by atomic mass is 28.3. The van der Waals surface area contributed by atoms with E-state index in [1.807, 2.05) is 0 Å². The molecule has 8 unspecified atom stereocenters. The SMILES string of the molecule is CC1CCCC2C1CC(C)C2[Si](C)(C)C1CCC2C=CC=CC21. The maximum Gasteiger partial charge on any atom is 0.0547 e. The molecular formula is C22H36Si. The van der Waals surface area contributed by atoms with Crippen LogP contribution in [0.1, 0.15) is 52.4 Å². The summed E-state index contributed by atoms with van der Waals surface area (Å²) in [5, 5.41) is 0. The molecule has 3 fully saturated rings. The minimum atomic E-state index is -1.23. The van der Waals surface area contributed by atoms with Crippen molar-refractivity contribution >= 4 is 8.07 Å². The maximum absolute atomic E-state index is 2.79. The summed E-state index contributed by atoms with van der Waals surface area (Å²) < 4.78 is 0. The molecule has 1 heteroatoms. The van der Waals surface area contributed by atoms with Crippen LogP contribution in [0.3, 0.4) is 0 Å². The van der Waals surface area contributed by atoms with Crippen LogP contribution in [0, 0.1) is 35.5 Å². The lowest BCUT2D eigenvalue weighted by Gasteiger charge is -2.46. The summed E-state index contributed by atoms with van der Waals surface area (Å²) in [7, 11) is -1.23. The van der Waals surface area contributed by atoms with Gasteiger partial charge in [-0.1, -0.05) is 76.9 Å². The molecule has 0 aromatic heterocycles. The van der Waals surface area contributed by atoms with Gasteiger partial charge in [0.25, 0.3) is 0 Å². The Kier molecular flexibility index (Phi) is 4.15. The predicted molar refractivity (Wildman–Crippen MR) is 103 cm³/mol. The number of fused-ring (bicyclic) bond motifs is 2. The molecule has 0 aromatic rings. The summed E-state index contributed by atoms with van der Waals surface area (Å²) in [6.45, 7) is 10.7. The highest BCUT2D eigenvalue weighted by Crippen LogP contribution is 2.62. The molecule has 0 heterocycles. The monoisotopic (exact) mass is 328 g/mol. The van der Waals surface area contributed by atoms with Crippen LogP contribution in [0.15, 0.2) is 24.3 Å². The summed E-state index contributed by atoms with van der Waals surface area (Å²) in [4.78, 5) is 0. The van der Waals surface area contributed by atoms with Gasteiger partial charge in [0.05, 0.1) is 8.07 Å². The lowest BCUT2D eigenvalue weighted by molar-refractivity contribution is 0.195. The van der Waals surface area contributed by atoms with Gasteiger partial charge in [-0.25, -0.2) is 0 Å². The molecule has 128 valence electrons. The first kappa shape index (κ1) is 16.2. The molecule has 4 aliphatic carbocycles. The lowest BCUT2D eigenvalue weighted by Crippen LogP contribution is -2.44. The van der Waals surface area contributed by atoms with Crippen molar-refractivity contribution in [2.24, 2.45) is 35.5 Å². The molecule has 0 N–H and O–H groups in total. The van der Waals surface area contributed by atoms with E-state index in [1.165, 1.54) is 25.7 Å². The average Bonchev–Trinajstić information content (AvgIpc) is 3.09. The average molecular weight is 329 g/mol. The fraction of sp³-hybridized carbons (Fsp3) is 0.818. The smallest absolute Gasteiger partial charge is 0.0547 e. The third kappa shape index (κ3) is 2.53. The Morgan fingerprint density at radius 1 is 0.826 bits per heavy atom. The van der Waals surface area contributed by atoms with Gasteiger partial charge in [0.1, 0.15) is 0 Å². The topological polar surface area (TPSA) is 0 Å². The van der Waals surface area contributed by atoms with Gasteiger partial charge in [-0.2, -0.15) is 0 Å². The Labute approximate surface area is 144 Å². The van der Waals surface area contributed by atoms with Gasteiger partial charge in [-0.15, -0.1) is 0 Å². The van der Waals surface area contributed by atoms with Gasteiger partial charge in [0.15, 0.2) is 0 Å². The standard InChI is InChI=1S/C22H36Si/c1-15-8-7-11-19-20(15)14-16(2)22(19)23(3,4)21-13-12-17-9-5-6-10-18(17)21/h5-6,9-10,15-22H,7-8,11-14H2,1-4H3. The van der Waals surface area contributed by atoms with E-state index in [1.54, 1.807) is 12.8 Å². The summed E-state index contributed by atoms with van der Waals surface area (Å²) in [5.41, 5.74) is 2.13. The van der Waals surface area contributed by atoms with Crippen molar-refractivity contribution in [2.75, 3.05) is 0 Å². The summed E-state index contributed by atoms with van der Waals surface area (Å²) in [6.07, 6.45) is 18.8. The van der Waals surface area contributed by atoms with Gasteiger partial charge < -0.3 is 0 Å². The van der Waals surface area contributed by atoms with Gasteiger partial charge in [-0.3, -0.25) is 0 Å². The quantitative estimate of drug-likeness (QED) is 0.496. The first-order valence-corrected chi connectivity index (χ1v) is 13.5. The largest absolute Gasteiger partial charge is 0.0808 e. The first-order valence-electron chi connectivity index (χ1n) is 10.3. The molecule has 0 spiro atoms. The van der Waals surface area contributed by atoms with Crippen LogP contribution >= 0.6 is 0 Å². The van der Waals surface area contributed by atoms with Crippen molar-refractivity contribution < 1.29 is 0 Å². The second kappa shape index (κ2) is 5.90. The Morgan fingerprint density at radius 2 is 1.61 bits per heavy atom. The van der Waals surface area contributed by atoms with E-state index in [0.717, 1.165) is 46.6 Å². The third-order valence-corrected chi connectivity index (χ3v) is 13.9. The molecule has 0 aliphatic heterocycles. The molecule has 3 saturated carbocycles. The normalized spacial score (nSPS) is 49.2. The highest BCUT2D eigenvalue weighted by molar-refractivity contribution is 6.80. The highest BCUT2D eigenvalue weighted by Gasteiger charge is 2.55. The zero-order valence-corrected chi connectivity index (χ0v) is 16.7. The number of allylic oxidation sites excluding steroid dienone is 4. The van der Waals surface area contributed by atoms with Crippen LogP contribution in [-0.2, 0) is 0 Å². The van der Waals surface area contributed by atoms with Gasteiger partial charge in [-0.05, 0) is 59.4 Å². The van der Waals surface area contributed by atoms with Crippen LogP contribution in [0.25, 0.3) is 0 Å². The molecule has 4 aliphatic rings. The van der Waals surface area contributed by atoms with Gasteiger partial charge in [0.2, 0.25) is 0 Å². The molecule has 0 nitrogen and oxygen atoms in total. The molecule has 0 aromatic carbocycles. The van der Waals surface area contributed by atoms with Crippen molar-refractivity contribution in [3.8, 4) is 0 Å². The zero-order chi connectivity index (χ0) is 16.2. The van der Waals surface area contributed by atoms with E-state index >= 15 is 0 Å². The van der Waals surface area contributed by atoms with Crippen LogP contribution in [-0.4, -0.2) is 8.07 Å². The van der Waals surface area contributed by atoms with E-state index in [0.29, 0.717) is 0 Å². The maximum atomic E-state index is 2.79. The van der Waals surface area contributed by atoms with Crippen molar-refractivity contribution in [3.05, 3.63) is 24.3 Å². The Balaban J connectivity index is 1.60. The summed E-state index contributed by atoms with van der Waals surface area (Å²) in [5.74, 6) is 5.89. The number of hydrogen-bond donors (Lipinski definition) is 0. The van der Waals surface area contributed by atoms with Crippen LogP contribution in [0.5, 0.6) is 0 Å². The van der Waals surface area contributed by atoms with Crippen molar-refractivity contribution in [2.45, 2.75) is 76.5 Å². The second-order valence-electron chi connectivity index (χ2n) is 9.99. The fourth-order valence-electron chi connectivity index (χ4n) is 7.73. The Hall–Kier alpha value is -0.303. The minimum absolute atomic E-state index is 0.870. The number of hydrogen-bond acceptors (Lipinski definition) is 0. The lowest BCUT2D eigenvalue weighted by atomic mass is 9.75. The zero-order valence-electron chi connectivity index (χ0n) is 15.7. The predicted octanol–water partition coefficient (Wildman–Crippen LogP) is 6.68. The third-order valence-electron chi connectivity index (χ3n) is 8.58. The first-order chi connectivity index (χ1) is 11.0. The molecule has 0 radical (unpaired) electrons. The molecule has 8 atom stereocenters. The molecule has 0 amide bonds. The summed E-state index contributed by atoms with van der Waals surface area (Å²) >= 11 is 0. The van der Waals surface area contributed by atoms with Crippen LogP contribution in [0.4, 0.5) is 0 Å². The molecule has 0 bridgehead atoms. The van der Waals surface area contributed by atoms with E-state index in [-0.39, 0.29) is 0 Å². The Morgan fingerprint density at radius 3 is 2.43 bits per heavy atom. The number of rotatable bonds is 2. The molecule has 23 heavy (non-hydrogen) atoms. The minimum Gasteiger partial charge on any atom is -0.0808 e. The van der Waals surface area contributed by atoms with Crippen molar-refractivity contribution in [1.29, 1.82) is 0 Å². The van der Waals surface area contributed by atoms with Crippen molar-refractivity contribution in [1.82, 2.24) is 0 Å².